The Morgan fingerprint density at radius 3 is 2.36 bits per heavy atom. The molecule has 1 fully saturated rings. The molecule has 3 rings (SSSR count). The van der Waals surface area contributed by atoms with E-state index in [4.69, 9.17) is 4.98 Å². The van der Waals surface area contributed by atoms with Crippen molar-refractivity contribution in [2.24, 2.45) is 0 Å². The molecule has 25 heavy (non-hydrogen) atoms. The lowest BCUT2D eigenvalue weighted by Gasteiger charge is -2.46. The molecule has 2 aromatic rings. The molecular weight excluding hydrogens is 308 g/mol. The zero-order chi connectivity index (χ0) is 17.9. The molecular formula is C21H30N4. The maximum atomic E-state index is 4.73. The topological polar surface area (TPSA) is 49.8 Å². The highest BCUT2D eigenvalue weighted by Gasteiger charge is 2.37. The SMILES string of the molecule is CC1(C)CC(Nc2ccnc(CCc3ccccc3)n2)CC(C)(C)N1. The lowest BCUT2D eigenvalue weighted by Crippen LogP contribution is -2.60. The van der Waals surface area contributed by atoms with Crippen LogP contribution in [-0.4, -0.2) is 27.1 Å². The van der Waals surface area contributed by atoms with Gasteiger partial charge in [-0.2, -0.15) is 0 Å². The van der Waals surface area contributed by atoms with Gasteiger partial charge in [-0.1, -0.05) is 30.3 Å². The third-order valence-electron chi connectivity index (χ3n) is 4.73. The van der Waals surface area contributed by atoms with E-state index >= 15 is 0 Å². The molecule has 134 valence electrons. The van der Waals surface area contributed by atoms with Crippen molar-refractivity contribution in [3.05, 3.63) is 54.0 Å². The van der Waals surface area contributed by atoms with E-state index < -0.39 is 0 Å². The van der Waals surface area contributed by atoms with Crippen LogP contribution in [0.2, 0.25) is 0 Å². The van der Waals surface area contributed by atoms with Crippen molar-refractivity contribution in [2.75, 3.05) is 5.32 Å². The van der Waals surface area contributed by atoms with Crippen molar-refractivity contribution in [3.63, 3.8) is 0 Å². The number of aryl methyl sites for hydroxylation is 2. The van der Waals surface area contributed by atoms with Gasteiger partial charge < -0.3 is 10.6 Å². The first kappa shape index (κ1) is 17.9. The van der Waals surface area contributed by atoms with E-state index in [-0.39, 0.29) is 11.1 Å². The monoisotopic (exact) mass is 338 g/mol. The Labute approximate surface area is 151 Å². The zero-order valence-corrected chi connectivity index (χ0v) is 15.8. The van der Waals surface area contributed by atoms with Gasteiger partial charge in [0.25, 0.3) is 0 Å². The van der Waals surface area contributed by atoms with Gasteiger partial charge in [-0.3, -0.25) is 0 Å². The van der Waals surface area contributed by atoms with Gasteiger partial charge in [-0.05, 0) is 58.6 Å². The molecule has 0 aliphatic carbocycles. The van der Waals surface area contributed by atoms with Crippen molar-refractivity contribution < 1.29 is 0 Å². The maximum absolute atomic E-state index is 4.73. The average Bonchev–Trinajstić information content (AvgIpc) is 2.51. The molecule has 4 heteroatoms. The minimum absolute atomic E-state index is 0.128. The normalized spacial score (nSPS) is 19.5. The quantitative estimate of drug-likeness (QED) is 0.866. The summed E-state index contributed by atoms with van der Waals surface area (Å²) in [6, 6.07) is 12.9. The molecule has 0 spiro atoms. The highest BCUT2D eigenvalue weighted by atomic mass is 15.1. The summed E-state index contributed by atoms with van der Waals surface area (Å²) in [6.45, 7) is 9.09. The number of aromatic nitrogens is 2. The fourth-order valence-corrected chi connectivity index (χ4v) is 4.13. The standard InChI is InChI=1S/C21H30N4/c1-20(2)14-17(15-21(3,4)25-20)23-19-12-13-22-18(24-19)11-10-16-8-6-5-7-9-16/h5-9,12-13,17,25H,10-11,14-15H2,1-4H3,(H,22,23,24). The van der Waals surface area contributed by atoms with E-state index in [2.05, 4.69) is 67.6 Å². The summed E-state index contributed by atoms with van der Waals surface area (Å²) in [5.74, 6) is 1.85. The molecule has 1 aliphatic rings. The van der Waals surface area contributed by atoms with Crippen LogP contribution in [0.5, 0.6) is 0 Å². The van der Waals surface area contributed by atoms with Gasteiger partial charge in [0.15, 0.2) is 0 Å². The summed E-state index contributed by atoms with van der Waals surface area (Å²) in [5.41, 5.74) is 1.58. The summed E-state index contributed by atoms with van der Waals surface area (Å²) in [6.07, 6.45) is 5.87. The minimum atomic E-state index is 0.128. The number of piperidine rings is 1. The molecule has 1 aromatic carbocycles. The third kappa shape index (κ3) is 5.27. The van der Waals surface area contributed by atoms with E-state index in [9.17, 15) is 0 Å². The number of nitrogens with zero attached hydrogens (tertiary/aromatic N) is 2. The van der Waals surface area contributed by atoms with Crippen LogP contribution in [0.1, 0.15) is 51.9 Å². The summed E-state index contributed by atoms with van der Waals surface area (Å²) >= 11 is 0. The van der Waals surface area contributed by atoms with Crippen molar-refractivity contribution >= 4 is 5.82 Å². The van der Waals surface area contributed by atoms with Crippen molar-refractivity contribution in [3.8, 4) is 0 Å². The molecule has 1 saturated heterocycles. The molecule has 0 bridgehead atoms. The van der Waals surface area contributed by atoms with Gasteiger partial charge >= 0.3 is 0 Å². The molecule has 1 aromatic heterocycles. The molecule has 1 aliphatic heterocycles. The first-order chi connectivity index (χ1) is 11.8. The highest BCUT2D eigenvalue weighted by Crippen LogP contribution is 2.30. The minimum Gasteiger partial charge on any atom is -0.367 e. The molecule has 0 amide bonds. The Hall–Kier alpha value is -1.94. The Bertz CT molecular complexity index is 678. The maximum Gasteiger partial charge on any atom is 0.130 e. The fourth-order valence-electron chi connectivity index (χ4n) is 4.13. The summed E-state index contributed by atoms with van der Waals surface area (Å²) in [5, 5.41) is 7.36. The van der Waals surface area contributed by atoms with Gasteiger partial charge in [0.1, 0.15) is 11.6 Å². The van der Waals surface area contributed by atoms with Gasteiger partial charge in [0, 0.05) is 29.7 Å². The van der Waals surface area contributed by atoms with Gasteiger partial charge in [-0.15, -0.1) is 0 Å². The second-order valence-electron chi connectivity index (χ2n) is 8.49. The number of benzene rings is 1. The van der Waals surface area contributed by atoms with Crippen LogP contribution in [0.15, 0.2) is 42.6 Å². The molecule has 0 atom stereocenters. The number of nitrogens with one attached hydrogen (secondary N) is 2. The highest BCUT2D eigenvalue weighted by molar-refractivity contribution is 5.35. The third-order valence-corrected chi connectivity index (χ3v) is 4.73. The molecule has 2 heterocycles. The largest absolute Gasteiger partial charge is 0.367 e. The second-order valence-corrected chi connectivity index (χ2v) is 8.49. The van der Waals surface area contributed by atoms with E-state index in [1.165, 1.54) is 5.56 Å². The van der Waals surface area contributed by atoms with Crippen molar-refractivity contribution in [2.45, 2.75) is 70.5 Å². The summed E-state index contributed by atoms with van der Waals surface area (Å²) < 4.78 is 0. The predicted octanol–water partition coefficient (Wildman–Crippen LogP) is 3.98. The zero-order valence-electron chi connectivity index (χ0n) is 15.8. The summed E-state index contributed by atoms with van der Waals surface area (Å²) in [7, 11) is 0. The predicted molar refractivity (Wildman–Crippen MR) is 104 cm³/mol. The second kappa shape index (κ2) is 7.12. The fraction of sp³-hybridized carbons (Fsp3) is 0.524. The van der Waals surface area contributed by atoms with Crippen LogP contribution in [0.3, 0.4) is 0 Å². The number of rotatable bonds is 5. The van der Waals surface area contributed by atoms with Gasteiger partial charge in [0.2, 0.25) is 0 Å². The van der Waals surface area contributed by atoms with Crippen LogP contribution in [0.4, 0.5) is 5.82 Å². The van der Waals surface area contributed by atoms with E-state index in [0.717, 1.165) is 37.3 Å². The van der Waals surface area contributed by atoms with Crippen LogP contribution < -0.4 is 10.6 Å². The Morgan fingerprint density at radius 2 is 1.68 bits per heavy atom. The first-order valence-corrected chi connectivity index (χ1v) is 9.23. The molecule has 0 radical (unpaired) electrons. The van der Waals surface area contributed by atoms with E-state index in [0.29, 0.717) is 6.04 Å². The Morgan fingerprint density at radius 1 is 1.00 bits per heavy atom. The van der Waals surface area contributed by atoms with Crippen LogP contribution >= 0.6 is 0 Å². The number of hydrogen-bond acceptors (Lipinski definition) is 4. The lowest BCUT2D eigenvalue weighted by atomic mass is 9.79. The molecule has 0 saturated carbocycles. The Balaban J connectivity index is 1.63. The van der Waals surface area contributed by atoms with E-state index in [1.807, 2.05) is 18.3 Å². The number of anilines is 1. The Kier molecular flexibility index (Phi) is 5.09. The van der Waals surface area contributed by atoms with Gasteiger partial charge in [-0.25, -0.2) is 9.97 Å². The lowest BCUT2D eigenvalue weighted by molar-refractivity contribution is 0.170. The first-order valence-electron chi connectivity index (χ1n) is 9.23. The van der Waals surface area contributed by atoms with Crippen molar-refractivity contribution in [1.29, 1.82) is 0 Å². The summed E-state index contributed by atoms with van der Waals surface area (Å²) in [4.78, 5) is 9.18. The molecule has 4 nitrogen and oxygen atoms in total. The van der Waals surface area contributed by atoms with Gasteiger partial charge in [0.05, 0.1) is 0 Å². The van der Waals surface area contributed by atoms with Crippen LogP contribution in [-0.2, 0) is 12.8 Å². The smallest absolute Gasteiger partial charge is 0.130 e. The van der Waals surface area contributed by atoms with Crippen molar-refractivity contribution in [1.82, 2.24) is 15.3 Å². The van der Waals surface area contributed by atoms with Crippen LogP contribution in [0.25, 0.3) is 0 Å². The molecule has 2 N–H and O–H groups in total. The average molecular weight is 338 g/mol. The molecule has 0 unspecified atom stereocenters. The number of hydrogen-bond donors (Lipinski definition) is 2. The van der Waals surface area contributed by atoms with Crippen LogP contribution in [0, 0.1) is 0 Å². The van der Waals surface area contributed by atoms with E-state index in [1.54, 1.807) is 0 Å².